The lowest BCUT2D eigenvalue weighted by molar-refractivity contribution is -0.177. The Labute approximate surface area is 282 Å². The molecule has 3 aliphatic heterocycles. The number of aromatic hydroxyl groups is 1. The Morgan fingerprint density at radius 3 is 2.26 bits per heavy atom. The highest BCUT2D eigenvalue weighted by Gasteiger charge is 2.41. The van der Waals surface area contributed by atoms with Gasteiger partial charge in [-0.2, -0.15) is 0 Å². The number of fused-ring (bicyclic) bond motifs is 2. The van der Waals surface area contributed by atoms with Gasteiger partial charge in [0.25, 0.3) is 0 Å². The number of aromatic nitrogens is 2. The molecular weight excluding hydrogens is 619 g/mol. The number of rotatable bonds is 13. The van der Waals surface area contributed by atoms with Crippen molar-refractivity contribution in [3.63, 3.8) is 0 Å². The van der Waals surface area contributed by atoms with Crippen LogP contribution < -0.4 is 20.4 Å². The monoisotopic (exact) mass is 666 g/mol. The van der Waals surface area contributed by atoms with Gasteiger partial charge in [-0.15, -0.1) is 10.2 Å². The summed E-state index contributed by atoms with van der Waals surface area (Å²) in [7, 11) is 0. The van der Waals surface area contributed by atoms with Gasteiger partial charge in [0, 0.05) is 68.6 Å². The second-order valence-electron chi connectivity index (χ2n) is 13.1. The molecule has 2 aromatic carbocycles. The third-order valence-electron chi connectivity index (χ3n) is 9.94. The predicted molar refractivity (Wildman–Crippen MR) is 187 cm³/mol. The van der Waals surface area contributed by atoms with Crippen molar-refractivity contribution in [3.8, 4) is 17.0 Å². The van der Waals surface area contributed by atoms with Crippen LogP contribution in [-0.4, -0.2) is 73.1 Å². The summed E-state index contributed by atoms with van der Waals surface area (Å²) in [5, 5.41) is 19.3. The molecule has 4 heterocycles. The standard InChI is InChI=1S/C36H48ClFN6O3/c1-3-5-18-46-36(47-19-6-4-2)24-14-16-42(17-15-24)32-20-25(12-13-30(32)38)44-26-10-11-27(44)23-43(22-26)33-21-31(40-41-35(33)39)28-8-7-9-29(37)34(28)45/h7-9,12-13,20-21,24,26-27,36,45H,3-6,10-11,14-19,22-23H2,1-2H3,(H2,39,41). The Morgan fingerprint density at radius 1 is 0.915 bits per heavy atom. The maximum atomic E-state index is 15.4. The molecule has 0 radical (unpaired) electrons. The van der Waals surface area contributed by atoms with E-state index in [9.17, 15) is 5.11 Å². The topological polar surface area (TPSA) is 100 Å². The Morgan fingerprint density at radius 2 is 1.60 bits per heavy atom. The van der Waals surface area contributed by atoms with E-state index in [0.717, 1.165) is 102 Å². The summed E-state index contributed by atoms with van der Waals surface area (Å²) in [6, 6.07) is 13.2. The minimum absolute atomic E-state index is 0.0270. The van der Waals surface area contributed by atoms with E-state index in [-0.39, 0.29) is 35.0 Å². The van der Waals surface area contributed by atoms with Crippen LogP contribution in [0.5, 0.6) is 5.75 Å². The van der Waals surface area contributed by atoms with Crippen molar-refractivity contribution in [2.45, 2.75) is 83.6 Å². The van der Waals surface area contributed by atoms with Crippen LogP contribution >= 0.6 is 11.6 Å². The number of phenolic OH excluding ortho intramolecular Hbond substituents is 1. The van der Waals surface area contributed by atoms with Crippen LogP contribution in [0.2, 0.25) is 5.02 Å². The van der Waals surface area contributed by atoms with Crippen LogP contribution in [0.1, 0.15) is 65.2 Å². The SMILES string of the molecule is CCCCOC(OCCCC)C1CCN(c2cc(N3C4CCC3CN(c3cc(-c5cccc(Cl)c5O)nnc3N)C4)ccc2F)CC1. The number of hydrogen-bond acceptors (Lipinski definition) is 9. The fourth-order valence-electron chi connectivity index (χ4n) is 7.34. The zero-order valence-corrected chi connectivity index (χ0v) is 28.3. The fourth-order valence-corrected chi connectivity index (χ4v) is 7.52. The molecule has 2 unspecified atom stereocenters. The van der Waals surface area contributed by atoms with Gasteiger partial charge in [0.1, 0.15) is 11.6 Å². The maximum absolute atomic E-state index is 15.4. The van der Waals surface area contributed by atoms with Crippen LogP contribution in [0.25, 0.3) is 11.3 Å². The Balaban J connectivity index is 1.14. The maximum Gasteiger partial charge on any atom is 0.169 e. The van der Waals surface area contributed by atoms with Crippen molar-refractivity contribution in [2.75, 3.05) is 59.8 Å². The third-order valence-corrected chi connectivity index (χ3v) is 10.2. The molecule has 47 heavy (non-hydrogen) atoms. The molecule has 0 amide bonds. The highest BCUT2D eigenvalue weighted by atomic mass is 35.5. The number of unbranched alkanes of at least 4 members (excludes halogenated alkanes) is 2. The second-order valence-corrected chi connectivity index (χ2v) is 13.5. The number of nitrogens with zero attached hydrogens (tertiary/aromatic N) is 5. The predicted octanol–water partition coefficient (Wildman–Crippen LogP) is 7.26. The van der Waals surface area contributed by atoms with Crippen molar-refractivity contribution >= 4 is 34.5 Å². The Bertz CT molecular complexity index is 1480. The first-order valence-electron chi connectivity index (χ1n) is 17.3. The summed E-state index contributed by atoms with van der Waals surface area (Å²) in [5.74, 6) is 0.458. The van der Waals surface area contributed by atoms with Gasteiger partial charge in [-0.3, -0.25) is 0 Å². The minimum atomic E-state index is -0.185. The molecule has 3 aliphatic rings. The smallest absolute Gasteiger partial charge is 0.169 e. The van der Waals surface area contributed by atoms with Gasteiger partial charge in [-0.25, -0.2) is 4.39 Å². The second kappa shape index (κ2) is 15.3. The molecule has 0 aliphatic carbocycles. The first kappa shape index (κ1) is 33.6. The van der Waals surface area contributed by atoms with E-state index in [1.165, 1.54) is 0 Å². The number of piperidine rings is 1. The van der Waals surface area contributed by atoms with Gasteiger partial charge < -0.3 is 35.0 Å². The normalized spacial score (nSPS) is 20.1. The number of benzene rings is 2. The van der Waals surface area contributed by atoms with Crippen molar-refractivity contribution in [2.24, 2.45) is 5.92 Å². The summed E-state index contributed by atoms with van der Waals surface area (Å²) < 4.78 is 27.8. The molecule has 3 aromatic rings. The van der Waals surface area contributed by atoms with Crippen molar-refractivity contribution in [1.82, 2.24) is 10.2 Å². The van der Waals surface area contributed by atoms with E-state index >= 15 is 4.39 Å². The number of para-hydroxylation sites is 1. The van der Waals surface area contributed by atoms with E-state index in [1.807, 2.05) is 18.2 Å². The number of ether oxygens (including phenoxy) is 2. The van der Waals surface area contributed by atoms with Crippen LogP contribution in [-0.2, 0) is 9.47 Å². The van der Waals surface area contributed by atoms with Gasteiger partial charge in [0.2, 0.25) is 0 Å². The summed E-state index contributed by atoms with van der Waals surface area (Å²) in [6.07, 6.45) is 7.96. The lowest BCUT2D eigenvalue weighted by Gasteiger charge is -2.44. The molecule has 3 fully saturated rings. The van der Waals surface area contributed by atoms with Crippen LogP contribution in [0.15, 0.2) is 42.5 Å². The molecule has 11 heteroatoms. The summed E-state index contributed by atoms with van der Waals surface area (Å²) >= 11 is 6.16. The molecule has 9 nitrogen and oxygen atoms in total. The van der Waals surface area contributed by atoms with Crippen LogP contribution in [0, 0.1) is 11.7 Å². The average molecular weight is 667 g/mol. The first-order valence-corrected chi connectivity index (χ1v) is 17.7. The first-order chi connectivity index (χ1) is 22.9. The molecule has 2 bridgehead atoms. The largest absolute Gasteiger partial charge is 0.506 e. The molecule has 0 saturated carbocycles. The Hall–Kier alpha value is -3.34. The molecule has 3 N–H and O–H groups in total. The number of nitrogens with two attached hydrogens (primary N) is 1. The van der Waals surface area contributed by atoms with Gasteiger partial charge in [0.15, 0.2) is 12.1 Å². The number of hydrogen-bond donors (Lipinski definition) is 2. The van der Waals surface area contributed by atoms with Crippen molar-refractivity contribution < 1.29 is 19.0 Å². The molecule has 0 spiro atoms. The summed E-state index contributed by atoms with van der Waals surface area (Å²) in [6.45, 7) is 8.83. The Kier molecular flexibility index (Phi) is 10.9. The average Bonchev–Trinajstić information content (AvgIpc) is 3.34. The molecule has 1 aromatic heterocycles. The van der Waals surface area contributed by atoms with Gasteiger partial charge in [-0.05, 0) is 74.9 Å². The molecule has 2 atom stereocenters. The number of anilines is 4. The fraction of sp³-hybridized carbons (Fsp3) is 0.556. The summed E-state index contributed by atoms with van der Waals surface area (Å²) in [5.41, 5.74) is 9.91. The van der Waals surface area contributed by atoms with E-state index in [2.05, 4.69) is 38.7 Å². The molecule has 6 rings (SSSR count). The van der Waals surface area contributed by atoms with Gasteiger partial charge in [0.05, 0.1) is 22.1 Å². The zero-order valence-electron chi connectivity index (χ0n) is 27.6. The molecule has 254 valence electrons. The lowest BCUT2D eigenvalue weighted by atomic mass is 9.95. The highest BCUT2D eigenvalue weighted by molar-refractivity contribution is 6.32. The van der Waals surface area contributed by atoms with E-state index in [1.54, 1.807) is 24.3 Å². The van der Waals surface area contributed by atoms with Crippen molar-refractivity contribution in [3.05, 3.63) is 53.3 Å². The van der Waals surface area contributed by atoms with E-state index < -0.39 is 0 Å². The molecule has 3 saturated heterocycles. The number of nitrogen functional groups attached to an aromatic ring is 1. The van der Waals surface area contributed by atoms with Gasteiger partial charge >= 0.3 is 0 Å². The summed E-state index contributed by atoms with van der Waals surface area (Å²) in [4.78, 5) is 6.93. The minimum Gasteiger partial charge on any atom is -0.506 e. The lowest BCUT2D eigenvalue weighted by Crippen LogP contribution is -2.54. The van der Waals surface area contributed by atoms with Gasteiger partial charge in [-0.1, -0.05) is 44.4 Å². The number of piperazine rings is 1. The van der Waals surface area contributed by atoms with E-state index in [0.29, 0.717) is 28.7 Å². The zero-order chi connectivity index (χ0) is 32.9. The van der Waals surface area contributed by atoms with E-state index in [4.69, 9.17) is 26.8 Å². The van der Waals surface area contributed by atoms with Crippen molar-refractivity contribution in [1.29, 1.82) is 0 Å². The molecular formula is C36H48ClFN6O3. The highest BCUT2D eigenvalue weighted by Crippen LogP contribution is 2.41. The van der Waals surface area contributed by atoms with Crippen LogP contribution in [0.4, 0.5) is 27.3 Å². The number of halogens is 2. The quantitative estimate of drug-likeness (QED) is 0.144. The van der Waals surface area contributed by atoms with Crippen LogP contribution in [0.3, 0.4) is 0 Å². The number of phenols is 1. The third kappa shape index (κ3) is 7.39.